The summed E-state index contributed by atoms with van der Waals surface area (Å²) < 4.78 is 33.0. The highest BCUT2D eigenvalue weighted by molar-refractivity contribution is 4.91. The Morgan fingerprint density at radius 3 is 2.39 bits per heavy atom. The summed E-state index contributed by atoms with van der Waals surface area (Å²) in [6.07, 6.45) is 1.01. The first-order valence-corrected chi connectivity index (χ1v) is 7.01. The lowest BCUT2D eigenvalue weighted by Gasteiger charge is -2.37. The molecule has 0 bridgehead atoms. The smallest absolute Gasteiger partial charge is 0.168 e. The van der Waals surface area contributed by atoms with Crippen LogP contribution in [0.3, 0.4) is 0 Å². The fourth-order valence-corrected chi connectivity index (χ4v) is 2.79. The minimum absolute atomic E-state index is 0.164. The minimum Gasteiger partial charge on any atom is -0.495 e. The van der Waals surface area contributed by atoms with Crippen LogP contribution < -0.4 is 0 Å². The van der Waals surface area contributed by atoms with Gasteiger partial charge >= 0.3 is 0 Å². The Kier molecular flexibility index (Phi) is 6.10. The van der Waals surface area contributed by atoms with Gasteiger partial charge in [0.2, 0.25) is 0 Å². The molecule has 0 aliphatic heterocycles. The first-order chi connectivity index (χ1) is 8.47. The Balaban J connectivity index is 2.51. The van der Waals surface area contributed by atoms with Crippen molar-refractivity contribution in [2.24, 2.45) is 17.8 Å². The standard InChI is InChI=1S/C15H26F2O/c1-5-18-13-9-8-12(14(16)15(13)17)11(4)7-6-10(2)3/h5,10-15H,1,6-9H2,2-4H3. The van der Waals surface area contributed by atoms with E-state index in [1.807, 2.05) is 6.92 Å². The van der Waals surface area contributed by atoms with Crippen molar-refractivity contribution in [2.45, 2.75) is 64.9 Å². The molecule has 1 rings (SSSR count). The zero-order valence-corrected chi connectivity index (χ0v) is 11.7. The van der Waals surface area contributed by atoms with Crippen molar-refractivity contribution in [3.05, 3.63) is 12.8 Å². The van der Waals surface area contributed by atoms with E-state index < -0.39 is 18.4 Å². The van der Waals surface area contributed by atoms with Crippen molar-refractivity contribution in [3.63, 3.8) is 0 Å². The maximum atomic E-state index is 14.1. The molecule has 0 heterocycles. The van der Waals surface area contributed by atoms with Crippen LogP contribution >= 0.6 is 0 Å². The van der Waals surface area contributed by atoms with Gasteiger partial charge in [-0.15, -0.1) is 0 Å². The topological polar surface area (TPSA) is 9.23 Å². The molecule has 0 aromatic rings. The lowest BCUT2D eigenvalue weighted by Crippen LogP contribution is -2.44. The average molecular weight is 260 g/mol. The molecular formula is C15H26F2O. The van der Waals surface area contributed by atoms with Gasteiger partial charge < -0.3 is 4.74 Å². The van der Waals surface area contributed by atoms with E-state index in [0.29, 0.717) is 18.8 Å². The number of hydrogen-bond donors (Lipinski definition) is 0. The number of ether oxygens (including phenoxy) is 1. The molecule has 1 aliphatic rings. The van der Waals surface area contributed by atoms with Crippen LogP contribution in [0.2, 0.25) is 0 Å². The first kappa shape index (κ1) is 15.5. The van der Waals surface area contributed by atoms with E-state index in [1.54, 1.807) is 0 Å². The second-order valence-electron chi connectivity index (χ2n) is 5.92. The molecule has 0 radical (unpaired) electrons. The van der Waals surface area contributed by atoms with Crippen molar-refractivity contribution in [2.75, 3.05) is 0 Å². The molecule has 0 aromatic heterocycles. The minimum atomic E-state index is -1.51. The largest absolute Gasteiger partial charge is 0.495 e. The highest BCUT2D eigenvalue weighted by Gasteiger charge is 2.42. The molecule has 1 aliphatic carbocycles. The monoisotopic (exact) mass is 260 g/mol. The van der Waals surface area contributed by atoms with Gasteiger partial charge in [0.25, 0.3) is 0 Å². The van der Waals surface area contributed by atoms with Crippen molar-refractivity contribution in [1.82, 2.24) is 0 Å². The van der Waals surface area contributed by atoms with E-state index in [9.17, 15) is 8.78 Å². The molecule has 0 saturated heterocycles. The quantitative estimate of drug-likeness (QED) is 0.630. The third-order valence-electron chi connectivity index (χ3n) is 4.05. The lowest BCUT2D eigenvalue weighted by atomic mass is 9.75. The fourth-order valence-electron chi connectivity index (χ4n) is 2.79. The van der Waals surface area contributed by atoms with Gasteiger partial charge in [0.1, 0.15) is 12.3 Å². The molecule has 5 atom stereocenters. The Morgan fingerprint density at radius 2 is 1.83 bits per heavy atom. The molecule has 1 nitrogen and oxygen atoms in total. The SMILES string of the molecule is C=COC1CCC(C(C)CCC(C)C)C(F)C1F. The molecule has 106 valence electrons. The van der Waals surface area contributed by atoms with E-state index in [4.69, 9.17) is 4.74 Å². The van der Waals surface area contributed by atoms with Crippen LogP contribution in [-0.2, 0) is 4.74 Å². The summed E-state index contributed by atoms with van der Waals surface area (Å²) in [7, 11) is 0. The Morgan fingerprint density at radius 1 is 1.17 bits per heavy atom. The third-order valence-corrected chi connectivity index (χ3v) is 4.05. The number of hydrogen-bond acceptors (Lipinski definition) is 1. The van der Waals surface area contributed by atoms with Crippen LogP contribution in [0, 0.1) is 17.8 Å². The summed E-state index contributed by atoms with van der Waals surface area (Å²) in [5.74, 6) is 0.695. The summed E-state index contributed by atoms with van der Waals surface area (Å²) in [5, 5.41) is 0. The number of rotatable bonds is 6. The zero-order chi connectivity index (χ0) is 13.7. The summed E-state index contributed by atoms with van der Waals surface area (Å²) in [6, 6.07) is 0. The molecule has 3 heteroatoms. The predicted octanol–water partition coefficient (Wildman–Crippen LogP) is 4.67. The Bertz CT molecular complexity index is 255. The summed E-state index contributed by atoms with van der Waals surface area (Å²) >= 11 is 0. The van der Waals surface area contributed by atoms with E-state index >= 15 is 0 Å². The van der Waals surface area contributed by atoms with Gasteiger partial charge in [0.15, 0.2) is 6.17 Å². The van der Waals surface area contributed by atoms with Gasteiger partial charge in [-0.1, -0.05) is 40.2 Å². The molecule has 5 unspecified atom stereocenters. The van der Waals surface area contributed by atoms with Gasteiger partial charge in [-0.25, -0.2) is 8.78 Å². The number of alkyl halides is 2. The molecule has 18 heavy (non-hydrogen) atoms. The van der Waals surface area contributed by atoms with Crippen molar-refractivity contribution >= 4 is 0 Å². The van der Waals surface area contributed by atoms with Crippen LogP contribution in [-0.4, -0.2) is 18.4 Å². The fraction of sp³-hybridized carbons (Fsp3) is 0.867. The summed E-state index contributed by atoms with van der Waals surface area (Å²) in [4.78, 5) is 0. The maximum absolute atomic E-state index is 14.1. The highest BCUT2D eigenvalue weighted by atomic mass is 19.2. The van der Waals surface area contributed by atoms with Gasteiger partial charge in [-0.3, -0.25) is 0 Å². The molecule has 1 fully saturated rings. The van der Waals surface area contributed by atoms with Crippen LogP contribution in [0.1, 0.15) is 46.5 Å². The molecule has 1 saturated carbocycles. The molecule has 0 aromatic carbocycles. The number of halogens is 2. The van der Waals surface area contributed by atoms with Gasteiger partial charge in [0, 0.05) is 0 Å². The average Bonchev–Trinajstić information content (AvgIpc) is 2.32. The summed E-state index contributed by atoms with van der Waals surface area (Å²) in [5.41, 5.74) is 0. The van der Waals surface area contributed by atoms with Gasteiger partial charge in [0.05, 0.1) is 6.26 Å². The zero-order valence-electron chi connectivity index (χ0n) is 11.7. The predicted molar refractivity (Wildman–Crippen MR) is 70.8 cm³/mol. The highest BCUT2D eigenvalue weighted by Crippen LogP contribution is 2.37. The van der Waals surface area contributed by atoms with E-state index in [-0.39, 0.29) is 11.8 Å². The molecule has 0 amide bonds. The van der Waals surface area contributed by atoms with Crippen LogP contribution in [0.4, 0.5) is 8.78 Å². The maximum Gasteiger partial charge on any atom is 0.168 e. The van der Waals surface area contributed by atoms with Crippen LogP contribution in [0.5, 0.6) is 0 Å². The molecule has 0 N–H and O–H groups in total. The van der Waals surface area contributed by atoms with Crippen LogP contribution in [0.25, 0.3) is 0 Å². The lowest BCUT2D eigenvalue weighted by molar-refractivity contribution is -0.0538. The Labute approximate surface area is 110 Å². The van der Waals surface area contributed by atoms with Crippen molar-refractivity contribution < 1.29 is 13.5 Å². The van der Waals surface area contributed by atoms with Gasteiger partial charge in [-0.2, -0.15) is 0 Å². The van der Waals surface area contributed by atoms with E-state index in [1.165, 1.54) is 6.26 Å². The second kappa shape index (κ2) is 7.10. The van der Waals surface area contributed by atoms with Crippen LogP contribution in [0.15, 0.2) is 12.8 Å². The third kappa shape index (κ3) is 3.96. The van der Waals surface area contributed by atoms with Gasteiger partial charge in [-0.05, 0) is 30.6 Å². The second-order valence-corrected chi connectivity index (χ2v) is 5.92. The van der Waals surface area contributed by atoms with Crippen molar-refractivity contribution in [1.29, 1.82) is 0 Å². The Hall–Kier alpha value is -0.600. The normalized spacial score (nSPS) is 34.3. The first-order valence-electron chi connectivity index (χ1n) is 7.01. The van der Waals surface area contributed by atoms with E-state index in [0.717, 1.165) is 12.8 Å². The van der Waals surface area contributed by atoms with Crippen molar-refractivity contribution in [3.8, 4) is 0 Å². The van der Waals surface area contributed by atoms with E-state index in [2.05, 4.69) is 20.4 Å². The summed E-state index contributed by atoms with van der Waals surface area (Å²) in [6.45, 7) is 9.77. The molecule has 0 spiro atoms. The molecular weight excluding hydrogens is 234 g/mol.